The van der Waals surface area contributed by atoms with Gasteiger partial charge >= 0.3 is 0 Å². The smallest absolute Gasteiger partial charge is 0.270 e. The SMILES string of the molecule is CSc1nc(-c2cc(Cl)ccc2OCc2ccccc2C)c(C#N)c(=O)[nH]1. The van der Waals surface area contributed by atoms with Crippen LogP contribution in [0.25, 0.3) is 11.3 Å². The van der Waals surface area contributed by atoms with Crippen LogP contribution in [0, 0.1) is 18.3 Å². The van der Waals surface area contributed by atoms with Crippen molar-refractivity contribution in [1.29, 1.82) is 5.26 Å². The van der Waals surface area contributed by atoms with E-state index in [2.05, 4.69) is 9.97 Å². The molecule has 5 nitrogen and oxygen atoms in total. The molecule has 136 valence electrons. The first-order valence-corrected chi connectivity index (χ1v) is 9.69. The lowest BCUT2D eigenvalue weighted by Gasteiger charge is -2.14. The third kappa shape index (κ3) is 4.16. The zero-order valence-electron chi connectivity index (χ0n) is 14.7. The Bertz CT molecular complexity index is 1090. The summed E-state index contributed by atoms with van der Waals surface area (Å²) in [6, 6.07) is 14.9. The van der Waals surface area contributed by atoms with E-state index < -0.39 is 5.56 Å². The predicted molar refractivity (Wildman–Crippen MR) is 107 cm³/mol. The zero-order chi connectivity index (χ0) is 19.4. The number of aryl methyl sites for hydroxylation is 1. The Hall–Kier alpha value is -2.75. The van der Waals surface area contributed by atoms with Crippen LogP contribution in [0.1, 0.15) is 16.7 Å². The van der Waals surface area contributed by atoms with Crippen molar-refractivity contribution < 1.29 is 4.74 Å². The Morgan fingerprint density at radius 2 is 2.07 bits per heavy atom. The first kappa shape index (κ1) is 19.0. The Morgan fingerprint density at radius 3 is 2.78 bits per heavy atom. The lowest BCUT2D eigenvalue weighted by atomic mass is 10.1. The van der Waals surface area contributed by atoms with Crippen molar-refractivity contribution in [2.45, 2.75) is 18.7 Å². The maximum Gasteiger partial charge on any atom is 0.270 e. The lowest BCUT2D eigenvalue weighted by Crippen LogP contribution is -2.15. The molecule has 0 unspecified atom stereocenters. The van der Waals surface area contributed by atoms with Gasteiger partial charge in [-0.15, -0.1) is 0 Å². The number of aromatic nitrogens is 2. The minimum absolute atomic E-state index is 0.0733. The molecule has 1 heterocycles. The van der Waals surface area contributed by atoms with Crippen molar-refractivity contribution in [2.75, 3.05) is 6.26 Å². The quantitative estimate of drug-likeness (QED) is 0.504. The van der Waals surface area contributed by atoms with E-state index in [-0.39, 0.29) is 11.3 Å². The summed E-state index contributed by atoms with van der Waals surface area (Å²) >= 11 is 7.44. The van der Waals surface area contributed by atoms with E-state index in [0.29, 0.717) is 28.1 Å². The molecule has 0 aliphatic carbocycles. The maximum absolute atomic E-state index is 12.2. The lowest BCUT2D eigenvalue weighted by molar-refractivity contribution is 0.306. The minimum Gasteiger partial charge on any atom is -0.488 e. The van der Waals surface area contributed by atoms with Gasteiger partial charge < -0.3 is 9.72 Å². The van der Waals surface area contributed by atoms with Gasteiger partial charge in [0.1, 0.15) is 29.7 Å². The van der Waals surface area contributed by atoms with Crippen LogP contribution in [-0.4, -0.2) is 16.2 Å². The average molecular weight is 398 g/mol. The second kappa shape index (κ2) is 8.30. The summed E-state index contributed by atoms with van der Waals surface area (Å²) in [6.45, 7) is 2.36. The van der Waals surface area contributed by atoms with Gasteiger partial charge in [-0.2, -0.15) is 5.26 Å². The number of hydrogen-bond donors (Lipinski definition) is 1. The molecule has 0 aliphatic rings. The molecule has 3 aromatic rings. The Balaban J connectivity index is 2.08. The molecule has 0 spiro atoms. The number of nitriles is 1. The van der Waals surface area contributed by atoms with E-state index >= 15 is 0 Å². The Kier molecular flexibility index (Phi) is 5.84. The third-order valence-corrected chi connectivity index (χ3v) is 4.86. The first-order chi connectivity index (χ1) is 13.0. The number of benzene rings is 2. The van der Waals surface area contributed by atoms with Gasteiger partial charge in [0.25, 0.3) is 5.56 Å². The number of halogens is 1. The number of nitrogens with zero attached hydrogens (tertiary/aromatic N) is 2. The van der Waals surface area contributed by atoms with E-state index in [1.165, 1.54) is 11.8 Å². The molecule has 0 saturated carbocycles. The molecule has 0 amide bonds. The van der Waals surface area contributed by atoms with E-state index in [0.717, 1.165) is 11.1 Å². The fourth-order valence-electron chi connectivity index (χ4n) is 2.59. The van der Waals surface area contributed by atoms with Crippen molar-refractivity contribution in [1.82, 2.24) is 9.97 Å². The number of aromatic amines is 1. The summed E-state index contributed by atoms with van der Waals surface area (Å²) in [4.78, 5) is 19.2. The molecule has 0 fully saturated rings. The van der Waals surface area contributed by atoms with Gasteiger partial charge in [-0.05, 0) is 42.5 Å². The van der Waals surface area contributed by atoms with Crippen LogP contribution in [0.5, 0.6) is 5.75 Å². The van der Waals surface area contributed by atoms with Crippen LogP contribution in [0.2, 0.25) is 5.02 Å². The molecule has 3 rings (SSSR count). The van der Waals surface area contributed by atoms with E-state index in [9.17, 15) is 10.1 Å². The van der Waals surface area contributed by atoms with E-state index in [1.807, 2.05) is 37.3 Å². The minimum atomic E-state index is -0.489. The summed E-state index contributed by atoms with van der Waals surface area (Å²) in [6.07, 6.45) is 1.79. The molecule has 7 heteroatoms. The van der Waals surface area contributed by atoms with Gasteiger partial charge in [-0.25, -0.2) is 4.98 Å². The van der Waals surface area contributed by atoms with Crippen LogP contribution in [-0.2, 0) is 6.61 Å². The second-order valence-corrected chi connectivity index (χ2v) is 7.00. The largest absolute Gasteiger partial charge is 0.488 e. The molecule has 27 heavy (non-hydrogen) atoms. The predicted octanol–water partition coefficient (Wildman–Crippen LogP) is 4.57. The van der Waals surface area contributed by atoms with Crippen molar-refractivity contribution in [3.63, 3.8) is 0 Å². The number of ether oxygens (including phenoxy) is 1. The molecular formula is C20H16ClN3O2S. The number of thioether (sulfide) groups is 1. The molecular weight excluding hydrogens is 382 g/mol. The summed E-state index contributed by atoms with van der Waals surface area (Å²) in [5.74, 6) is 0.504. The summed E-state index contributed by atoms with van der Waals surface area (Å²) in [7, 11) is 0. The van der Waals surface area contributed by atoms with Crippen LogP contribution in [0.3, 0.4) is 0 Å². The number of rotatable bonds is 5. The maximum atomic E-state index is 12.2. The van der Waals surface area contributed by atoms with Crippen molar-refractivity contribution in [2.24, 2.45) is 0 Å². The molecule has 0 bridgehead atoms. The highest BCUT2D eigenvalue weighted by Gasteiger charge is 2.18. The van der Waals surface area contributed by atoms with Crippen LogP contribution < -0.4 is 10.3 Å². The normalized spacial score (nSPS) is 10.4. The van der Waals surface area contributed by atoms with Gasteiger partial charge in [0.15, 0.2) is 5.16 Å². The van der Waals surface area contributed by atoms with Crippen molar-refractivity contribution in [3.05, 3.63) is 74.5 Å². The van der Waals surface area contributed by atoms with Gasteiger partial charge in [0, 0.05) is 10.6 Å². The number of nitrogens with one attached hydrogen (secondary N) is 1. The fourth-order valence-corrected chi connectivity index (χ4v) is 3.14. The topological polar surface area (TPSA) is 78.8 Å². The van der Waals surface area contributed by atoms with Crippen LogP contribution in [0.4, 0.5) is 0 Å². The number of H-pyrrole nitrogens is 1. The van der Waals surface area contributed by atoms with Gasteiger partial charge in [0.2, 0.25) is 0 Å². The molecule has 1 aromatic heterocycles. The van der Waals surface area contributed by atoms with Gasteiger partial charge in [0.05, 0.1) is 0 Å². The molecule has 1 N–H and O–H groups in total. The van der Waals surface area contributed by atoms with Crippen molar-refractivity contribution in [3.8, 4) is 23.1 Å². The molecule has 0 aliphatic heterocycles. The Labute approximate surface area is 166 Å². The van der Waals surface area contributed by atoms with Crippen molar-refractivity contribution >= 4 is 23.4 Å². The Morgan fingerprint density at radius 1 is 1.30 bits per heavy atom. The summed E-state index contributed by atoms with van der Waals surface area (Å²) in [5.41, 5.74) is 2.36. The number of hydrogen-bond acceptors (Lipinski definition) is 5. The molecule has 2 aromatic carbocycles. The van der Waals surface area contributed by atoms with E-state index in [1.54, 1.807) is 24.5 Å². The van der Waals surface area contributed by atoms with Crippen LogP contribution in [0.15, 0.2) is 52.4 Å². The zero-order valence-corrected chi connectivity index (χ0v) is 16.3. The van der Waals surface area contributed by atoms with Gasteiger partial charge in [-0.1, -0.05) is 47.6 Å². The van der Waals surface area contributed by atoms with Gasteiger partial charge in [-0.3, -0.25) is 4.79 Å². The van der Waals surface area contributed by atoms with E-state index in [4.69, 9.17) is 16.3 Å². The molecule has 0 saturated heterocycles. The highest BCUT2D eigenvalue weighted by molar-refractivity contribution is 7.98. The monoisotopic (exact) mass is 397 g/mol. The molecule has 0 atom stereocenters. The second-order valence-electron chi connectivity index (χ2n) is 5.77. The summed E-state index contributed by atoms with van der Waals surface area (Å²) < 4.78 is 6.00. The standard InChI is InChI=1S/C20H16ClN3O2S/c1-12-5-3-4-6-13(12)11-26-17-8-7-14(21)9-15(17)18-16(10-22)19(25)24-20(23-18)27-2/h3-9H,11H2,1-2H3,(H,23,24,25). The molecule has 0 radical (unpaired) electrons. The average Bonchev–Trinajstić information content (AvgIpc) is 2.67. The summed E-state index contributed by atoms with van der Waals surface area (Å²) in [5, 5.41) is 10.3. The highest BCUT2D eigenvalue weighted by Crippen LogP contribution is 2.33. The third-order valence-electron chi connectivity index (χ3n) is 4.04. The first-order valence-electron chi connectivity index (χ1n) is 8.09. The highest BCUT2D eigenvalue weighted by atomic mass is 35.5. The van der Waals surface area contributed by atoms with Crippen LogP contribution >= 0.6 is 23.4 Å². The fraction of sp³-hybridized carbons (Fsp3) is 0.150.